The Kier molecular flexibility index (Phi) is 5.96. The van der Waals surface area contributed by atoms with Crippen molar-refractivity contribution < 1.29 is 54.1 Å². The Hall–Kier alpha value is -1.82. The van der Waals surface area contributed by atoms with E-state index in [0.717, 1.165) is 0 Å². The molecule has 0 spiro atoms. The summed E-state index contributed by atoms with van der Waals surface area (Å²) in [5.41, 5.74) is -0.250. The Morgan fingerprint density at radius 3 is 2.19 bits per heavy atom. The number of ether oxygens (including phenoxy) is 1. The van der Waals surface area contributed by atoms with Crippen LogP contribution in [0.15, 0.2) is 42.5 Å². The number of hydrogen-bond donors (Lipinski definition) is 1. The second-order valence-corrected chi connectivity index (χ2v) is 4.05. The van der Waals surface area contributed by atoms with Crippen molar-refractivity contribution in [3.63, 3.8) is 0 Å². The van der Waals surface area contributed by atoms with Crippen LogP contribution in [0.2, 0.25) is 0 Å². The Morgan fingerprint density at radius 1 is 1.05 bits per heavy atom. The minimum absolute atomic E-state index is 0. The Morgan fingerprint density at radius 2 is 1.67 bits per heavy atom. The van der Waals surface area contributed by atoms with Gasteiger partial charge in [-0.3, -0.25) is 4.79 Å². The summed E-state index contributed by atoms with van der Waals surface area (Å²) in [6, 6.07) is 9.86. The van der Waals surface area contributed by atoms with Gasteiger partial charge in [-0.25, -0.2) is 0 Å². The molecular formula is C15H11NaO5. The predicted molar refractivity (Wildman–Crippen MR) is 68.9 cm³/mol. The summed E-state index contributed by atoms with van der Waals surface area (Å²) in [5.74, 6) is -1.92. The zero-order valence-electron chi connectivity index (χ0n) is 11.6. The van der Waals surface area contributed by atoms with E-state index in [2.05, 4.69) is 0 Å². The zero-order valence-corrected chi connectivity index (χ0v) is 13.6. The summed E-state index contributed by atoms with van der Waals surface area (Å²) in [6.07, 6.45) is 0. The molecule has 0 saturated carbocycles. The van der Waals surface area contributed by atoms with E-state index in [0.29, 0.717) is 5.75 Å². The standard InChI is InChI=1S/C15H12O5.Na/c1-20-9-6-7-12(13(16)8-9)14(17)10-4-2-3-5-11(10)15(18)19;/h2-8,16H,1H3,(H,18,19);/q;+1/p-1. The predicted octanol–water partition coefficient (Wildman–Crippen LogP) is -2.00. The van der Waals surface area contributed by atoms with E-state index in [1.807, 2.05) is 0 Å². The van der Waals surface area contributed by atoms with Gasteiger partial charge in [-0.2, -0.15) is 0 Å². The molecule has 0 aliphatic carbocycles. The summed E-state index contributed by atoms with van der Waals surface area (Å²) in [6.45, 7) is 0. The van der Waals surface area contributed by atoms with Gasteiger partial charge in [0.2, 0.25) is 0 Å². The van der Waals surface area contributed by atoms with Crippen molar-refractivity contribution in [2.24, 2.45) is 0 Å². The Bertz CT molecular complexity index is 682. The molecule has 21 heavy (non-hydrogen) atoms. The number of hydrogen-bond acceptors (Lipinski definition) is 5. The van der Waals surface area contributed by atoms with E-state index in [1.165, 1.54) is 43.5 Å². The van der Waals surface area contributed by atoms with Crippen molar-refractivity contribution >= 4 is 11.8 Å². The van der Waals surface area contributed by atoms with E-state index >= 15 is 0 Å². The van der Waals surface area contributed by atoms with Gasteiger partial charge in [0.05, 0.1) is 18.6 Å². The van der Waals surface area contributed by atoms with Gasteiger partial charge in [0.15, 0.2) is 5.78 Å². The third kappa shape index (κ3) is 3.64. The van der Waals surface area contributed by atoms with Crippen LogP contribution in [0.3, 0.4) is 0 Å². The van der Waals surface area contributed by atoms with Crippen LogP contribution in [0.4, 0.5) is 0 Å². The van der Waals surface area contributed by atoms with Crippen molar-refractivity contribution in [1.82, 2.24) is 0 Å². The second-order valence-electron chi connectivity index (χ2n) is 4.05. The number of ketones is 1. The Balaban J connectivity index is 0.00000220. The summed E-state index contributed by atoms with van der Waals surface area (Å²) >= 11 is 0. The van der Waals surface area contributed by atoms with Crippen LogP contribution in [0.1, 0.15) is 26.3 Å². The molecule has 0 heterocycles. The maximum Gasteiger partial charge on any atom is 1.00 e. The number of methoxy groups -OCH3 is 1. The molecule has 2 aromatic rings. The third-order valence-corrected chi connectivity index (χ3v) is 2.84. The number of carboxylic acids is 1. The fourth-order valence-electron chi connectivity index (χ4n) is 1.83. The number of phenolic OH excluding ortho intramolecular Hbond substituents is 1. The molecular weight excluding hydrogens is 283 g/mol. The molecule has 2 aromatic carbocycles. The third-order valence-electron chi connectivity index (χ3n) is 2.84. The van der Waals surface area contributed by atoms with Gasteiger partial charge in [0.1, 0.15) is 11.5 Å². The van der Waals surface area contributed by atoms with E-state index in [-0.39, 0.29) is 52.0 Å². The monoisotopic (exact) mass is 294 g/mol. The average Bonchev–Trinajstić information content (AvgIpc) is 2.46. The maximum atomic E-state index is 12.3. The van der Waals surface area contributed by atoms with Gasteiger partial charge in [-0.05, 0) is 12.1 Å². The molecule has 0 aliphatic heterocycles. The second kappa shape index (κ2) is 7.26. The largest absolute Gasteiger partial charge is 1.00 e. The van der Waals surface area contributed by atoms with E-state index in [1.54, 1.807) is 6.07 Å². The van der Waals surface area contributed by atoms with Crippen LogP contribution < -0.4 is 39.4 Å². The molecule has 5 nitrogen and oxygen atoms in total. The Labute approximate surface area is 143 Å². The normalized spacial score (nSPS) is 9.57. The summed E-state index contributed by atoms with van der Waals surface area (Å²) in [4.78, 5) is 23.3. The SMILES string of the molecule is COc1ccc(C(=O)c2ccccc2C(=O)[O-])c(O)c1.[Na+]. The summed E-state index contributed by atoms with van der Waals surface area (Å²) < 4.78 is 4.92. The smallest absolute Gasteiger partial charge is 0.545 e. The zero-order chi connectivity index (χ0) is 14.7. The molecule has 0 unspecified atom stereocenters. The maximum absolute atomic E-state index is 12.3. The van der Waals surface area contributed by atoms with Crippen molar-refractivity contribution in [3.05, 3.63) is 59.2 Å². The summed E-state index contributed by atoms with van der Waals surface area (Å²) in [5, 5.41) is 20.8. The molecule has 0 saturated heterocycles. The van der Waals surface area contributed by atoms with Crippen molar-refractivity contribution in [2.75, 3.05) is 7.11 Å². The molecule has 0 aliphatic rings. The van der Waals surface area contributed by atoms with E-state index in [4.69, 9.17) is 4.74 Å². The first kappa shape index (κ1) is 17.2. The molecule has 0 radical (unpaired) electrons. The number of rotatable bonds is 4. The molecule has 2 rings (SSSR count). The minimum atomic E-state index is -1.44. The van der Waals surface area contributed by atoms with Gasteiger partial charge in [0, 0.05) is 17.2 Å². The number of phenols is 1. The van der Waals surface area contributed by atoms with Crippen LogP contribution in [0.5, 0.6) is 11.5 Å². The number of carboxylic acid groups (broad SMARTS) is 1. The van der Waals surface area contributed by atoms with Crippen molar-refractivity contribution in [1.29, 1.82) is 0 Å². The number of carbonyl (C=O) groups excluding carboxylic acids is 2. The minimum Gasteiger partial charge on any atom is -0.545 e. The number of aromatic carboxylic acids is 1. The van der Waals surface area contributed by atoms with Crippen LogP contribution in [-0.2, 0) is 0 Å². The van der Waals surface area contributed by atoms with Crippen LogP contribution in [0.25, 0.3) is 0 Å². The first-order valence-corrected chi connectivity index (χ1v) is 5.76. The first-order chi connectivity index (χ1) is 9.54. The number of benzene rings is 2. The molecule has 0 amide bonds. The molecule has 0 atom stereocenters. The van der Waals surface area contributed by atoms with Gasteiger partial charge in [-0.15, -0.1) is 0 Å². The molecule has 102 valence electrons. The van der Waals surface area contributed by atoms with Crippen molar-refractivity contribution in [2.45, 2.75) is 0 Å². The van der Waals surface area contributed by atoms with Gasteiger partial charge < -0.3 is 19.7 Å². The van der Waals surface area contributed by atoms with Gasteiger partial charge >= 0.3 is 29.6 Å². The van der Waals surface area contributed by atoms with Gasteiger partial charge in [-0.1, -0.05) is 24.3 Å². The van der Waals surface area contributed by atoms with Crippen LogP contribution in [0, 0.1) is 0 Å². The molecule has 0 bridgehead atoms. The fraction of sp³-hybridized carbons (Fsp3) is 0.0667. The number of carbonyl (C=O) groups is 2. The quantitative estimate of drug-likeness (QED) is 0.520. The molecule has 0 fully saturated rings. The fourth-order valence-corrected chi connectivity index (χ4v) is 1.83. The summed E-state index contributed by atoms with van der Waals surface area (Å²) in [7, 11) is 1.43. The average molecular weight is 294 g/mol. The van der Waals surface area contributed by atoms with Gasteiger partial charge in [0.25, 0.3) is 0 Å². The van der Waals surface area contributed by atoms with E-state index in [9.17, 15) is 19.8 Å². The van der Waals surface area contributed by atoms with E-state index < -0.39 is 11.8 Å². The topological polar surface area (TPSA) is 86.7 Å². The number of aromatic hydroxyl groups is 1. The van der Waals surface area contributed by atoms with Crippen molar-refractivity contribution in [3.8, 4) is 11.5 Å². The molecule has 0 aromatic heterocycles. The first-order valence-electron chi connectivity index (χ1n) is 5.76. The molecule has 6 heteroatoms. The molecule has 1 N–H and O–H groups in total. The van der Waals surface area contributed by atoms with Crippen LogP contribution in [-0.4, -0.2) is 24.0 Å². The van der Waals surface area contributed by atoms with Crippen LogP contribution >= 0.6 is 0 Å².